The van der Waals surface area contributed by atoms with Crippen LogP contribution in [0.2, 0.25) is 5.02 Å². The third kappa shape index (κ3) is 5.63. The number of para-hydroxylation sites is 1. The second-order valence-electron chi connectivity index (χ2n) is 9.20. The van der Waals surface area contributed by atoms with Crippen LogP contribution >= 0.6 is 11.6 Å². The van der Waals surface area contributed by atoms with Crippen molar-refractivity contribution in [2.45, 2.75) is 19.4 Å². The first-order valence-corrected chi connectivity index (χ1v) is 13.0. The predicted molar refractivity (Wildman–Crippen MR) is 145 cm³/mol. The summed E-state index contributed by atoms with van der Waals surface area (Å²) >= 11 is 6.47. The third-order valence-corrected chi connectivity index (χ3v) is 7.18. The molecule has 1 fully saturated rings. The van der Waals surface area contributed by atoms with Gasteiger partial charge >= 0.3 is 0 Å². The quantitative estimate of drug-likeness (QED) is 0.420. The Balaban J connectivity index is 1.32. The lowest BCUT2D eigenvalue weighted by Crippen LogP contribution is -2.49. The molecule has 0 aromatic heterocycles. The number of hydrogen-bond donors (Lipinski definition) is 0. The van der Waals surface area contributed by atoms with E-state index in [0.29, 0.717) is 49.9 Å². The van der Waals surface area contributed by atoms with Crippen LogP contribution in [0.5, 0.6) is 5.75 Å². The molecule has 5 rings (SSSR count). The number of halogens is 2. The van der Waals surface area contributed by atoms with Gasteiger partial charge in [-0.3, -0.25) is 9.69 Å². The number of ether oxygens (including phenoxy) is 1. The lowest BCUT2D eigenvalue weighted by molar-refractivity contribution is -0.134. The molecule has 1 amide bonds. The molecular formula is C29H30ClFN4O2. The molecule has 0 radical (unpaired) electrons. The van der Waals surface area contributed by atoms with Gasteiger partial charge in [-0.2, -0.15) is 5.10 Å². The van der Waals surface area contributed by atoms with Gasteiger partial charge in [0, 0.05) is 43.2 Å². The lowest BCUT2D eigenvalue weighted by Gasteiger charge is -2.36. The number of rotatable bonds is 7. The summed E-state index contributed by atoms with van der Waals surface area (Å²) in [6.45, 7) is 5.45. The van der Waals surface area contributed by atoms with E-state index in [4.69, 9.17) is 21.4 Å². The minimum absolute atomic E-state index is 0.0692. The molecule has 6 nitrogen and oxygen atoms in total. The first-order chi connectivity index (χ1) is 18.0. The third-order valence-electron chi connectivity index (χ3n) is 6.85. The first-order valence-electron chi connectivity index (χ1n) is 12.6. The molecule has 0 spiro atoms. The fourth-order valence-electron chi connectivity index (χ4n) is 4.93. The maximum Gasteiger partial charge on any atom is 0.257 e. The van der Waals surface area contributed by atoms with Gasteiger partial charge in [0.05, 0.1) is 30.6 Å². The van der Waals surface area contributed by atoms with Crippen LogP contribution in [-0.4, -0.2) is 60.9 Å². The maximum atomic E-state index is 14.2. The van der Waals surface area contributed by atoms with Crippen molar-refractivity contribution >= 4 is 28.9 Å². The number of hydrogen-bond acceptors (Lipinski definition) is 5. The summed E-state index contributed by atoms with van der Waals surface area (Å²) in [7, 11) is 0. The number of nitrogens with zero attached hydrogens (tertiary/aromatic N) is 4. The molecule has 3 aromatic carbocycles. The Kier molecular flexibility index (Phi) is 7.72. The van der Waals surface area contributed by atoms with E-state index in [9.17, 15) is 9.18 Å². The van der Waals surface area contributed by atoms with E-state index < -0.39 is 0 Å². The van der Waals surface area contributed by atoms with Gasteiger partial charge in [-0.05, 0) is 42.8 Å². The van der Waals surface area contributed by atoms with E-state index >= 15 is 0 Å². The minimum Gasteiger partial charge on any atom is -0.494 e. The molecule has 8 heteroatoms. The summed E-state index contributed by atoms with van der Waals surface area (Å²) in [5.41, 5.74) is 3.24. The molecule has 0 N–H and O–H groups in total. The molecule has 1 atom stereocenters. The number of carbonyl (C=O) groups is 1. The van der Waals surface area contributed by atoms with Crippen LogP contribution in [0.1, 0.15) is 30.5 Å². The van der Waals surface area contributed by atoms with Gasteiger partial charge in [0.2, 0.25) is 0 Å². The van der Waals surface area contributed by atoms with Crippen molar-refractivity contribution in [3.05, 3.63) is 94.8 Å². The Bertz CT molecular complexity index is 1270. The topological polar surface area (TPSA) is 48.4 Å². The van der Waals surface area contributed by atoms with Gasteiger partial charge < -0.3 is 9.64 Å². The van der Waals surface area contributed by atoms with Gasteiger partial charge in [-0.1, -0.05) is 54.1 Å². The average molecular weight is 521 g/mol. The van der Waals surface area contributed by atoms with E-state index in [2.05, 4.69) is 4.90 Å². The Morgan fingerprint density at radius 2 is 1.70 bits per heavy atom. The minimum atomic E-state index is -0.228. The zero-order valence-electron chi connectivity index (χ0n) is 20.8. The molecule has 1 saturated heterocycles. The summed E-state index contributed by atoms with van der Waals surface area (Å²) in [6.07, 6.45) is 0.574. The van der Waals surface area contributed by atoms with Crippen LogP contribution in [0.25, 0.3) is 0 Å². The van der Waals surface area contributed by atoms with Crippen LogP contribution in [0.4, 0.5) is 10.1 Å². The summed E-state index contributed by atoms with van der Waals surface area (Å²) in [5, 5.41) is 7.00. The highest BCUT2D eigenvalue weighted by Crippen LogP contribution is 2.35. The second-order valence-corrected chi connectivity index (χ2v) is 9.61. The lowest BCUT2D eigenvalue weighted by atomic mass is 9.98. The van der Waals surface area contributed by atoms with Crippen LogP contribution in [0.3, 0.4) is 0 Å². The Hall–Kier alpha value is -3.42. The number of piperazine rings is 1. The normalized spacial score (nSPS) is 18.1. The van der Waals surface area contributed by atoms with Crippen LogP contribution in [-0.2, 0) is 4.79 Å². The van der Waals surface area contributed by atoms with Gasteiger partial charge in [0.25, 0.3) is 5.91 Å². The molecule has 2 aliphatic rings. The number of carbonyl (C=O) groups excluding carboxylic acids is 1. The molecule has 0 aliphatic carbocycles. The smallest absolute Gasteiger partial charge is 0.257 e. The molecule has 0 unspecified atom stereocenters. The molecule has 37 heavy (non-hydrogen) atoms. The maximum absolute atomic E-state index is 14.2. The van der Waals surface area contributed by atoms with Crippen molar-refractivity contribution in [2.24, 2.45) is 5.10 Å². The van der Waals surface area contributed by atoms with Gasteiger partial charge in [0.15, 0.2) is 0 Å². The fraction of sp³-hybridized carbons (Fsp3) is 0.310. The average Bonchev–Trinajstić information content (AvgIpc) is 3.36. The van der Waals surface area contributed by atoms with Crippen molar-refractivity contribution in [1.82, 2.24) is 9.91 Å². The largest absolute Gasteiger partial charge is 0.494 e. The van der Waals surface area contributed by atoms with Gasteiger partial charge in [0.1, 0.15) is 11.6 Å². The summed E-state index contributed by atoms with van der Waals surface area (Å²) < 4.78 is 19.8. The van der Waals surface area contributed by atoms with Crippen molar-refractivity contribution in [2.75, 3.05) is 44.2 Å². The molecule has 0 bridgehead atoms. The molecule has 0 saturated carbocycles. The highest BCUT2D eigenvalue weighted by atomic mass is 35.5. The number of hydrazone groups is 1. The van der Waals surface area contributed by atoms with Crippen molar-refractivity contribution in [3.8, 4) is 5.75 Å². The van der Waals surface area contributed by atoms with Gasteiger partial charge in [-0.25, -0.2) is 9.40 Å². The van der Waals surface area contributed by atoms with Crippen molar-refractivity contribution < 1.29 is 13.9 Å². The number of amides is 1. The second kappa shape index (κ2) is 11.3. The van der Waals surface area contributed by atoms with E-state index in [0.717, 1.165) is 22.6 Å². The highest BCUT2D eigenvalue weighted by molar-refractivity contribution is 6.34. The van der Waals surface area contributed by atoms with E-state index in [1.54, 1.807) is 17.1 Å². The van der Waals surface area contributed by atoms with E-state index in [-0.39, 0.29) is 24.3 Å². The molecular weight excluding hydrogens is 491 g/mol. The number of benzene rings is 3. The Morgan fingerprint density at radius 1 is 1.00 bits per heavy atom. The predicted octanol–water partition coefficient (Wildman–Crippen LogP) is 5.38. The zero-order chi connectivity index (χ0) is 25.8. The van der Waals surface area contributed by atoms with Crippen LogP contribution in [0, 0.1) is 5.82 Å². The van der Waals surface area contributed by atoms with E-state index in [1.165, 1.54) is 6.07 Å². The Labute approximate surface area is 221 Å². The zero-order valence-corrected chi connectivity index (χ0v) is 21.6. The SMILES string of the molecule is CCOc1ccc([C@@H]2CC(c3ccccc3Cl)=NN2C(=O)CN2CCN(c3ccccc3F)CC2)cc1. The van der Waals surface area contributed by atoms with Crippen LogP contribution < -0.4 is 9.64 Å². The Morgan fingerprint density at radius 3 is 2.41 bits per heavy atom. The van der Waals surface area contributed by atoms with Crippen molar-refractivity contribution in [1.29, 1.82) is 0 Å². The monoisotopic (exact) mass is 520 g/mol. The molecule has 2 aliphatic heterocycles. The van der Waals surface area contributed by atoms with Crippen LogP contribution in [0.15, 0.2) is 77.9 Å². The van der Waals surface area contributed by atoms with Crippen molar-refractivity contribution in [3.63, 3.8) is 0 Å². The van der Waals surface area contributed by atoms with E-state index in [1.807, 2.05) is 66.4 Å². The standard InChI is InChI=1S/C29H30ClFN4O2/c1-2-37-22-13-11-21(12-14-22)28-19-26(23-7-3-4-8-24(23)30)32-35(28)29(36)20-33-15-17-34(18-16-33)27-10-6-5-9-25(27)31/h3-14,28H,2,15-20H2,1H3/t28-/m0/s1. The fourth-order valence-corrected chi connectivity index (χ4v) is 5.17. The summed E-state index contributed by atoms with van der Waals surface area (Å²) in [6, 6.07) is 22.0. The summed E-state index contributed by atoms with van der Waals surface area (Å²) in [4.78, 5) is 17.7. The highest BCUT2D eigenvalue weighted by Gasteiger charge is 2.34. The molecule has 2 heterocycles. The van der Waals surface area contributed by atoms with Gasteiger partial charge in [-0.15, -0.1) is 0 Å². The number of anilines is 1. The molecule has 3 aromatic rings. The summed E-state index contributed by atoms with van der Waals surface area (Å²) in [5.74, 6) is 0.506. The molecule has 192 valence electrons. The first kappa shape index (κ1) is 25.2.